The highest BCUT2D eigenvalue weighted by Gasteiger charge is 2.33. The minimum atomic E-state index is -0.336. The Kier molecular flexibility index (Phi) is 5.32. The number of imidazole rings is 1. The molecule has 1 saturated heterocycles. The summed E-state index contributed by atoms with van der Waals surface area (Å²) in [5.74, 6) is -0.118. The first-order chi connectivity index (χ1) is 14.4. The lowest BCUT2D eigenvalue weighted by molar-refractivity contribution is -0.131. The topological polar surface area (TPSA) is 99.2 Å². The zero-order chi connectivity index (χ0) is 21.3. The van der Waals surface area contributed by atoms with Crippen LogP contribution in [0.4, 0.5) is 16.0 Å². The van der Waals surface area contributed by atoms with Crippen LogP contribution in [0.25, 0.3) is 11.2 Å². The molecule has 1 aromatic carbocycles. The Balaban J connectivity index is 1.50. The summed E-state index contributed by atoms with van der Waals surface area (Å²) in [6.07, 6.45) is 4.90. The lowest BCUT2D eigenvalue weighted by atomic mass is 10.1. The molecular weight excluding hydrogens is 389 g/mol. The summed E-state index contributed by atoms with van der Waals surface area (Å²) in [4.78, 5) is 39.7. The zero-order valence-corrected chi connectivity index (χ0v) is 16.7. The number of likely N-dealkylation sites (tertiary alicyclic amines) is 1. The summed E-state index contributed by atoms with van der Waals surface area (Å²) >= 11 is 0. The third-order valence-corrected chi connectivity index (χ3v) is 4.83. The molecule has 0 aliphatic carbocycles. The quantitative estimate of drug-likeness (QED) is 0.597. The van der Waals surface area contributed by atoms with Gasteiger partial charge < -0.3 is 20.1 Å². The fourth-order valence-corrected chi connectivity index (χ4v) is 3.25. The van der Waals surface area contributed by atoms with Gasteiger partial charge in [-0.3, -0.25) is 9.36 Å². The summed E-state index contributed by atoms with van der Waals surface area (Å²) in [7, 11) is 3.86. The number of benzene rings is 1. The van der Waals surface area contributed by atoms with Crippen molar-refractivity contribution in [2.24, 2.45) is 0 Å². The second kappa shape index (κ2) is 8.07. The van der Waals surface area contributed by atoms with E-state index in [2.05, 4.69) is 20.3 Å². The summed E-state index contributed by atoms with van der Waals surface area (Å²) in [5, 5.41) is 3.00. The van der Waals surface area contributed by atoms with Gasteiger partial charge in [-0.05, 0) is 38.4 Å². The van der Waals surface area contributed by atoms with Gasteiger partial charge in [0.1, 0.15) is 11.3 Å². The minimum Gasteiger partial charge on any atom is -0.335 e. The number of carbonyl (C=O) groups is 1. The Morgan fingerprint density at radius 1 is 1.33 bits per heavy atom. The molecule has 0 bridgehead atoms. The van der Waals surface area contributed by atoms with Crippen molar-refractivity contribution in [1.29, 1.82) is 0 Å². The van der Waals surface area contributed by atoms with Gasteiger partial charge in [0.2, 0.25) is 11.9 Å². The van der Waals surface area contributed by atoms with Crippen molar-refractivity contribution in [2.45, 2.75) is 6.04 Å². The van der Waals surface area contributed by atoms with Crippen LogP contribution in [0.5, 0.6) is 0 Å². The van der Waals surface area contributed by atoms with Gasteiger partial charge in [-0.2, -0.15) is 4.98 Å². The molecule has 0 atom stereocenters. The second-order valence-electron chi connectivity index (χ2n) is 7.42. The van der Waals surface area contributed by atoms with Gasteiger partial charge in [-0.15, -0.1) is 0 Å². The molecule has 10 heteroatoms. The van der Waals surface area contributed by atoms with Crippen LogP contribution in [0.15, 0.2) is 47.4 Å². The van der Waals surface area contributed by atoms with E-state index in [1.807, 2.05) is 25.1 Å². The molecule has 1 aliphatic rings. The van der Waals surface area contributed by atoms with Gasteiger partial charge in [0.05, 0.1) is 12.2 Å². The van der Waals surface area contributed by atoms with Crippen molar-refractivity contribution in [3.8, 4) is 0 Å². The van der Waals surface area contributed by atoms with Gasteiger partial charge in [-0.1, -0.05) is 6.08 Å². The molecule has 30 heavy (non-hydrogen) atoms. The van der Waals surface area contributed by atoms with E-state index in [1.165, 1.54) is 18.3 Å². The highest BCUT2D eigenvalue weighted by Crippen LogP contribution is 2.24. The molecule has 2 N–H and O–H groups in total. The van der Waals surface area contributed by atoms with Crippen molar-refractivity contribution >= 4 is 28.7 Å². The largest absolute Gasteiger partial charge is 0.335 e. The number of likely N-dealkylation sites (N-methyl/N-ethyl adjacent to an activating group) is 1. The number of fused-ring (bicyclic) bond motifs is 1. The first kappa shape index (κ1) is 19.8. The molecule has 1 fully saturated rings. The van der Waals surface area contributed by atoms with Crippen molar-refractivity contribution in [1.82, 2.24) is 29.3 Å². The zero-order valence-electron chi connectivity index (χ0n) is 16.7. The van der Waals surface area contributed by atoms with E-state index in [1.54, 1.807) is 27.7 Å². The SMILES string of the molecule is CN(C)C/C=C/C(=O)N1CC(n2c(=O)[nH]c3cnc(Nc4ccc(F)cc4)nc32)C1. The maximum Gasteiger partial charge on any atom is 0.328 e. The number of nitrogens with one attached hydrogen (secondary N) is 2. The smallest absolute Gasteiger partial charge is 0.328 e. The van der Waals surface area contributed by atoms with Crippen LogP contribution in [-0.4, -0.2) is 69.0 Å². The summed E-state index contributed by atoms with van der Waals surface area (Å²) in [6, 6.07) is 5.66. The Labute approximate surface area is 171 Å². The molecule has 0 spiro atoms. The summed E-state index contributed by atoms with van der Waals surface area (Å²) in [6.45, 7) is 1.55. The van der Waals surface area contributed by atoms with Crippen LogP contribution < -0.4 is 11.0 Å². The number of anilines is 2. The highest BCUT2D eigenvalue weighted by atomic mass is 19.1. The fraction of sp³-hybridized carbons (Fsp3) is 0.300. The number of H-pyrrole nitrogens is 1. The third-order valence-electron chi connectivity index (χ3n) is 4.83. The number of hydrogen-bond acceptors (Lipinski definition) is 6. The molecule has 1 aliphatic heterocycles. The molecule has 156 valence electrons. The van der Waals surface area contributed by atoms with Crippen LogP contribution in [0, 0.1) is 5.82 Å². The molecular formula is C20H22FN7O2. The predicted octanol–water partition coefficient (Wildman–Crippen LogP) is 1.50. The van der Waals surface area contributed by atoms with Gasteiger partial charge in [-0.25, -0.2) is 14.2 Å². The molecule has 1 amide bonds. The van der Waals surface area contributed by atoms with E-state index < -0.39 is 0 Å². The van der Waals surface area contributed by atoms with Gasteiger partial charge in [0, 0.05) is 31.4 Å². The number of hydrogen-bond donors (Lipinski definition) is 2. The molecule has 0 radical (unpaired) electrons. The average molecular weight is 411 g/mol. The van der Waals surface area contributed by atoms with Gasteiger partial charge >= 0.3 is 5.69 Å². The van der Waals surface area contributed by atoms with Gasteiger partial charge in [0.25, 0.3) is 0 Å². The number of halogens is 1. The standard InChI is InChI=1S/C20H22FN7O2/c1-26(2)9-3-4-17(29)27-11-15(12-27)28-18-16(24-20(28)30)10-22-19(25-18)23-14-7-5-13(21)6-8-14/h3-8,10,15H,9,11-12H2,1-2H3,(H,24,30)(H,22,23,25)/b4-3+. The molecule has 3 heterocycles. The van der Waals surface area contributed by atoms with Crippen LogP contribution in [0.3, 0.4) is 0 Å². The highest BCUT2D eigenvalue weighted by molar-refractivity contribution is 5.88. The molecule has 0 saturated carbocycles. The fourth-order valence-electron chi connectivity index (χ4n) is 3.25. The monoisotopic (exact) mass is 411 g/mol. The maximum atomic E-state index is 13.1. The third kappa shape index (κ3) is 4.08. The van der Waals surface area contributed by atoms with E-state index in [9.17, 15) is 14.0 Å². The molecule has 3 aromatic rings. The van der Waals surface area contributed by atoms with Crippen molar-refractivity contribution in [3.05, 3.63) is 58.9 Å². The lowest BCUT2D eigenvalue weighted by Crippen LogP contribution is -2.52. The first-order valence-corrected chi connectivity index (χ1v) is 9.51. The van der Waals surface area contributed by atoms with Crippen molar-refractivity contribution in [2.75, 3.05) is 39.0 Å². The Hall–Kier alpha value is -3.53. The van der Waals surface area contributed by atoms with Crippen molar-refractivity contribution < 1.29 is 9.18 Å². The number of nitrogens with zero attached hydrogens (tertiary/aromatic N) is 5. The molecule has 4 rings (SSSR count). The van der Waals surface area contributed by atoms with Gasteiger partial charge in [0.15, 0.2) is 5.65 Å². The van der Waals surface area contributed by atoms with E-state index in [4.69, 9.17) is 0 Å². The van der Waals surface area contributed by atoms with Crippen LogP contribution in [-0.2, 0) is 4.79 Å². The summed E-state index contributed by atoms with van der Waals surface area (Å²) in [5.41, 5.74) is 1.31. The summed E-state index contributed by atoms with van der Waals surface area (Å²) < 4.78 is 14.6. The number of rotatable bonds is 6. The predicted molar refractivity (Wildman–Crippen MR) is 111 cm³/mol. The van der Waals surface area contributed by atoms with E-state index >= 15 is 0 Å². The Morgan fingerprint density at radius 3 is 2.77 bits per heavy atom. The maximum absolute atomic E-state index is 13.1. The number of aromatic amines is 1. The normalized spacial score (nSPS) is 14.6. The van der Waals surface area contributed by atoms with Crippen LogP contribution in [0.1, 0.15) is 6.04 Å². The van der Waals surface area contributed by atoms with Crippen LogP contribution in [0.2, 0.25) is 0 Å². The minimum absolute atomic E-state index is 0.0747. The lowest BCUT2D eigenvalue weighted by Gasteiger charge is -2.38. The Bertz CT molecular complexity index is 1140. The number of amides is 1. The van der Waals surface area contributed by atoms with Crippen LogP contribution >= 0.6 is 0 Å². The number of carbonyl (C=O) groups excluding carboxylic acids is 1. The second-order valence-corrected chi connectivity index (χ2v) is 7.42. The van der Waals surface area contributed by atoms with E-state index in [0.29, 0.717) is 42.4 Å². The Morgan fingerprint density at radius 2 is 2.07 bits per heavy atom. The van der Waals surface area contributed by atoms with Crippen molar-refractivity contribution in [3.63, 3.8) is 0 Å². The first-order valence-electron chi connectivity index (χ1n) is 9.51. The molecule has 0 unspecified atom stereocenters. The van der Waals surface area contributed by atoms with E-state index in [0.717, 1.165) is 0 Å². The molecule has 2 aromatic heterocycles. The molecule has 9 nitrogen and oxygen atoms in total. The average Bonchev–Trinajstić information content (AvgIpc) is 2.98. The number of aromatic nitrogens is 4. The van der Waals surface area contributed by atoms with E-state index in [-0.39, 0.29) is 23.5 Å².